The Bertz CT molecular complexity index is 522. The molecule has 0 spiro atoms. The topological polar surface area (TPSA) is 46.3 Å². The van der Waals surface area contributed by atoms with Crippen molar-refractivity contribution in [3.63, 3.8) is 0 Å². The van der Waals surface area contributed by atoms with Gasteiger partial charge in [0.15, 0.2) is 0 Å². The van der Waals surface area contributed by atoms with E-state index in [1.807, 2.05) is 13.8 Å². The summed E-state index contributed by atoms with van der Waals surface area (Å²) in [5.41, 5.74) is 5.40. The van der Waals surface area contributed by atoms with Crippen LogP contribution < -0.4 is 5.73 Å². The van der Waals surface area contributed by atoms with E-state index in [1.165, 1.54) is 17.9 Å². The van der Waals surface area contributed by atoms with Crippen LogP contribution in [0.3, 0.4) is 0 Å². The minimum Gasteiger partial charge on any atom is -0.335 e. The van der Waals surface area contributed by atoms with Gasteiger partial charge in [0.05, 0.1) is 5.54 Å². The van der Waals surface area contributed by atoms with Crippen LogP contribution in [-0.4, -0.2) is 29.4 Å². The van der Waals surface area contributed by atoms with Gasteiger partial charge in [0, 0.05) is 13.1 Å². The van der Waals surface area contributed by atoms with Crippen LogP contribution in [0.5, 0.6) is 0 Å². The number of likely N-dealkylation sites (tertiary alicyclic amines) is 1. The first-order valence-corrected chi connectivity index (χ1v) is 6.29. The van der Waals surface area contributed by atoms with Crippen molar-refractivity contribution in [3.8, 4) is 0 Å². The minimum atomic E-state index is -0.827. The number of aryl methyl sites for hydroxylation is 1. The van der Waals surface area contributed by atoms with Crippen molar-refractivity contribution in [2.75, 3.05) is 13.1 Å². The molecule has 1 fully saturated rings. The van der Waals surface area contributed by atoms with Crippen LogP contribution in [0.25, 0.3) is 0 Å². The van der Waals surface area contributed by atoms with Crippen LogP contribution >= 0.6 is 0 Å². The Morgan fingerprint density at radius 2 is 1.95 bits per heavy atom. The lowest BCUT2D eigenvalue weighted by atomic mass is 9.80. The van der Waals surface area contributed by atoms with Crippen molar-refractivity contribution < 1.29 is 13.6 Å². The Labute approximate surface area is 111 Å². The Balaban J connectivity index is 2.22. The Hall–Kier alpha value is -1.49. The Kier molecular flexibility index (Phi) is 3.34. The van der Waals surface area contributed by atoms with Crippen molar-refractivity contribution in [1.82, 2.24) is 4.90 Å². The highest BCUT2D eigenvalue weighted by Crippen LogP contribution is 2.29. The maximum atomic E-state index is 13.9. The van der Waals surface area contributed by atoms with Gasteiger partial charge < -0.3 is 10.6 Å². The summed E-state index contributed by atoms with van der Waals surface area (Å²) in [4.78, 5) is 13.5. The average molecular weight is 268 g/mol. The van der Waals surface area contributed by atoms with E-state index in [0.29, 0.717) is 13.1 Å². The SMILES string of the molecule is Cc1ccc(F)c(C(=O)N2CC(N)(C(C)C)C2)c1F. The van der Waals surface area contributed by atoms with E-state index in [4.69, 9.17) is 5.73 Å². The molecule has 1 heterocycles. The van der Waals surface area contributed by atoms with Gasteiger partial charge in [-0.15, -0.1) is 0 Å². The van der Waals surface area contributed by atoms with Crippen LogP contribution in [0.2, 0.25) is 0 Å². The molecule has 104 valence electrons. The zero-order chi connectivity index (χ0) is 14.4. The number of halogens is 2. The van der Waals surface area contributed by atoms with Gasteiger partial charge in [-0.05, 0) is 24.5 Å². The van der Waals surface area contributed by atoms with Gasteiger partial charge in [-0.2, -0.15) is 0 Å². The molecule has 0 unspecified atom stereocenters. The maximum Gasteiger partial charge on any atom is 0.259 e. The molecule has 1 aromatic rings. The zero-order valence-electron chi connectivity index (χ0n) is 11.3. The molecule has 1 aliphatic heterocycles. The van der Waals surface area contributed by atoms with Gasteiger partial charge in [-0.25, -0.2) is 8.78 Å². The maximum absolute atomic E-state index is 13.9. The van der Waals surface area contributed by atoms with E-state index in [2.05, 4.69) is 0 Å². The molecule has 0 saturated carbocycles. The van der Waals surface area contributed by atoms with Gasteiger partial charge in [0.2, 0.25) is 0 Å². The number of rotatable bonds is 2. The van der Waals surface area contributed by atoms with E-state index in [9.17, 15) is 13.6 Å². The van der Waals surface area contributed by atoms with Gasteiger partial charge in [0.1, 0.15) is 17.2 Å². The van der Waals surface area contributed by atoms with Gasteiger partial charge in [0.25, 0.3) is 5.91 Å². The summed E-state index contributed by atoms with van der Waals surface area (Å²) in [6, 6.07) is 2.43. The second-order valence-corrected chi connectivity index (χ2v) is 5.60. The third kappa shape index (κ3) is 2.23. The van der Waals surface area contributed by atoms with Gasteiger partial charge in [-0.3, -0.25) is 4.79 Å². The first kappa shape index (κ1) is 13.9. The van der Waals surface area contributed by atoms with Gasteiger partial charge in [-0.1, -0.05) is 19.9 Å². The quantitative estimate of drug-likeness (QED) is 0.892. The summed E-state index contributed by atoms with van der Waals surface area (Å²) in [5, 5.41) is 0. The Morgan fingerprint density at radius 3 is 2.47 bits per heavy atom. The van der Waals surface area contributed by atoms with E-state index in [1.54, 1.807) is 0 Å². The molecule has 0 aliphatic carbocycles. The molecule has 1 amide bonds. The van der Waals surface area contributed by atoms with Crippen molar-refractivity contribution in [2.24, 2.45) is 11.7 Å². The van der Waals surface area contributed by atoms with Crippen LogP contribution in [0.4, 0.5) is 8.78 Å². The average Bonchev–Trinajstić information content (AvgIpc) is 2.29. The lowest BCUT2D eigenvalue weighted by Gasteiger charge is -2.50. The molecule has 19 heavy (non-hydrogen) atoms. The third-order valence-corrected chi connectivity index (χ3v) is 3.91. The molecule has 0 radical (unpaired) electrons. The summed E-state index contributed by atoms with van der Waals surface area (Å²) in [6.45, 7) is 6.10. The summed E-state index contributed by atoms with van der Waals surface area (Å²) < 4.78 is 27.5. The minimum absolute atomic E-state index is 0.212. The monoisotopic (exact) mass is 268 g/mol. The van der Waals surface area contributed by atoms with E-state index in [0.717, 1.165) is 6.07 Å². The smallest absolute Gasteiger partial charge is 0.259 e. The van der Waals surface area contributed by atoms with Crippen LogP contribution in [0, 0.1) is 24.5 Å². The second-order valence-electron chi connectivity index (χ2n) is 5.60. The fraction of sp³-hybridized carbons (Fsp3) is 0.500. The summed E-state index contributed by atoms with van der Waals surface area (Å²) in [7, 11) is 0. The van der Waals surface area contributed by atoms with E-state index >= 15 is 0 Å². The molecule has 0 bridgehead atoms. The molecular formula is C14H18F2N2O. The highest BCUT2D eigenvalue weighted by atomic mass is 19.1. The molecule has 1 aliphatic rings. The van der Waals surface area contributed by atoms with Gasteiger partial charge >= 0.3 is 0 Å². The molecule has 5 heteroatoms. The molecule has 2 rings (SSSR count). The highest BCUT2D eigenvalue weighted by Gasteiger charge is 2.45. The first-order valence-electron chi connectivity index (χ1n) is 6.29. The van der Waals surface area contributed by atoms with E-state index < -0.39 is 28.6 Å². The summed E-state index contributed by atoms with van der Waals surface area (Å²) in [5.74, 6) is -2.03. The number of benzene rings is 1. The number of hydrogen-bond donors (Lipinski definition) is 1. The lowest BCUT2D eigenvalue weighted by molar-refractivity contribution is 0.0266. The number of carbonyl (C=O) groups is 1. The summed E-state index contributed by atoms with van der Waals surface area (Å²) >= 11 is 0. The number of nitrogens with zero attached hydrogens (tertiary/aromatic N) is 1. The first-order chi connectivity index (χ1) is 8.76. The predicted molar refractivity (Wildman–Crippen MR) is 68.8 cm³/mol. The number of hydrogen-bond acceptors (Lipinski definition) is 2. The fourth-order valence-electron chi connectivity index (χ4n) is 2.18. The summed E-state index contributed by atoms with van der Waals surface area (Å²) in [6.07, 6.45) is 0. The molecule has 3 nitrogen and oxygen atoms in total. The van der Waals surface area contributed by atoms with Crippen molar-refractivity contribution in [1.29, 1.82) is 0 Å². The molecular weight excluding hydrogens is 250 g/mol. The van der Waals surface area contributed by atoms with Crippen LogP contribution in [-0.2, 0) is 0 Å². The van der Waals surface area contributed by atoms with Crippen molar-refractivity contribution in [3.05, 3.63) is 34.9 Å². The second kappa shape index (κ2) is 4.56. The number of amides is 1. The molecule has 1 aromatic carbocycles. The van der Waals surface area contributed by atoms with Crippen molar-refractivity contribution in [2.45, 2.75) is 26.3 Å². The largest absolute Gasteiger partial charge is 0.335 e. The van der Waals surface area contributed by atoms with Crippen LogP contribution in [0.15, 0.2) is 12.1 Å². The zero-order valence-corrected chi connectivity index (χ0v) is 11.3. The number of carbonyl (C=O) groups excluding carboxylic acids is 1. The standard InChI is InChI=1S/C14H18F2N2O/c1-8(2)14(17)6-18(7-14)13(19)11-10(15)5-4-9(3)12(11)16/h4-5,8H,6-7,17H2,1-3H3. The third-order valence-electron chi connectivity index (χ3n) is 3.91. The molecule has 1 saturated heterocycles. The van der Waals surface area contributed by atoms with E-state index in [-0.39, 0.29) is 11.5 Å². The normalized spacial score (nSPS) is 17.5. The Morgan fingerprint density at radius 1 is 1.37 bits per heavy atom. The number of nitrogens with two attached hydrogens (primary N) is 1. The van der Waals surface area contributed by atoms with Crippen LogP contribution in [0.1, 0.15) is 29.8 Å². The molecule has 0 atom stereocenters. The fourth-order valence-corrected chi connectivity index (χ4v) is 2.18. The predicted octanol–water partition coefficient (Wildman–Crippen LogP) is 2.08. The lowest BCUT2D eigenvalue weighted by Crippen LogP contribution is -2.71. The molecule has 2 N–H and O–H groups in total. The van der Waals surface area contributed by atoms with Crippen molar-refractivity contribution >= 4 is 5.91 Å². The highest BCUT2D eigenvalue weighted by molar-refractivity contribution is 5.95. The molecule has 0 aromatic heterocycles.